The zero-order valence-corrected chi connectivity index (χ0v) is 10.3. The Morgan fingerprint density at radius 2 is 1.94 bits per heavy atom. The Labute approximate surface area is 97.6 Å². The van der Waals surface area contributed by atoms with Gasteiger partial charge in [-0.05, 0) is 26.2 Å². The molecule has 1 saturated heterocycles. The fourth-order valence-corrected chi connectivity index (χ4v) is 1.78. The molecule has 0 aliphatic carbocycles. The van der Waals surface area contributed by atoms with Crippen LogP contribution >= 0.6 is 0 Å². The van der Waals surface area contributed by atoms with Gasteiger partial charge in [0.05, 0.1) is 6.07 Å². The second kappa shape index (κ2) is 5.74. The first kappa shape index (κ1) is 12.8. The van der Waals surface area contributed by atoms with Gasteiger partial charge in [-0.3, -0.25) is 0 Å². The van der Waals surface area contributed by atoms with E-state index in [-0.39, 0.29) is 6.03 Å². The highest BCUT2D eigenvalue weighted by molar-refractivity contribution is 5.75. The molecule has 0 aromatic rings. The van der Waals surface area contributed by atoms with Gasteiger partial charge in [0.1, 0.15) is 5.54 Å². The number of carbonyl (C=O) groups is 1. The summed E-state index contributed by atoms with van der Waals surface area (Å²) < 4.78 is 0. The van der Waals surface area contributed by atoms with Crippen molar-refractivity contribution in [1.29, 1.82) is 5.26 Å². The van der Waals surface area contributed by atoms with Crippen LogP contribution in [0.1, 0.15) is 46.0 Å². The number of urea groups is 1. The summed E-state index contributed by atoms with van der Waals surface area (Å²) in [5.41, 5.74) is -0.733. The molecule has 2 amide bonds. The number of rotatable bonds is 2. The van der Waals surface area contributed by atoms with E-state index in [9.17, 15) is 4.79 Å². The molecule has 0 aromatic heterocycles. The minimum absolute atomic E-state index is 0.0900. The third-order valence-corrected chi connectivity index (χ3v) is 3.23. The van der Waals surface area contributed by atoms with Crippen molar-refractivity contribution in [2.75, 3.05) is 13.1 Å². The fraction of sp³-hybridized carbons (Fsp3) is 0.833. The molecule has 0 aromatic carbocycles. The lowest BCUT2D eigenvalue weighted by atomic mass is 10.0. The van der Waals surface area contributed by atoms with E-state index in [1.165, 1.54) is 12.8 Å². The molecule has 4 heteroatoms. The van der Waals surface area contributed by atoms with Crippen LogP contribution in [0.2, 0.25) is 0 Å². The van der Waals surface area contributed by atoms with Crippen LogP contribution in [0.25, 0.3) is 0 Å². The maximum atomic E-state index is 11.9. The van der Waals surface area contributed by atoms with Gasteiger partial charge in [0.2, 0.25) is 0 Å². The van der Waals surface area contributed by atoms with Crippen LogP contribution in [0.4, 0.5) is 4.79 Å². The van der Waals surface area contributed by atoms with Gasteiger partial charge < -0.3 is 10.2 Å². The lowest BCUT2D eigenvalue weighted by Gasteiger charge is -2.27. The fourth-order valence-electron chi connectivity index (χ4n) is 1.78. The SMILES string of the molecule is CCC(C)(C#N)NC(=O)N1CCCCCC1. The number of hydrogen-bond donors (Lipinski definition) is 1. The second-order valence-corrected chi connectivity index (χ2v) is 4.63. The Morgan fingerprint density at radius 1 is 1.38 bits per heavy atom. The van der Waals surface area contributed by atoms with Gasteiger partial charge in [-0.25, -0.2) is 4.79 Å². The van der Waals surface area contributed by atoms with Gasteiger partial charge >= 0.3 is 6.03 Å². The molecule has 1 fully saturated rings. The molecule has 90 valence electrons. The van der Waals surface area contributed by atoms with Gasteiger partial charge in [-0.2, -0.15) is 5.26 Å². The molecular formula is C12H21N3O. The van der Waals surface area contributed by atoms with E-state index in [0.717, 1.165) is 25.9 Å². The Hall–Kier alpha value is -1.24. The van der Waals surface area contributed by atoms with Crippen LogP contribution in [0.5, 0.6) is 0 Å². The van der Waals surface area contributed by atoms with Gasteiger partial charge in [-0.1, -0.05) is 19.8 Å². The van der Waals surface area contributed by atoms with Crippen molar-refractivity contribution in [1.82, 2.24) is 10.2 Å². The van der Waals surface area contributed by atoms with Crippen molar-refractivity contribution in [2.45, 2.75) is 51.5 Å². The highest BCUT2D eigenvalue weighted by Gasteiger charge is 2.26. The van der Waals surface area contributed by atoms with Crippen LogP contribution in [0.3, 0.4) is 0 Å². The average molecular weight is 223 g/mol. The quantitative estimate of drug-likeness (QED) is 0.780. The van der Waals surface area contributed by atoms with Crippen LogP contribution in [-0.2, 0) is 0 Å². The zero-order chi connectivity index (χ0) is 12.0. The van der Waals surface area contributed by atoms with Gasteiger partial charge in [0.15, 0.2) is 0 Å². The Balaban J connectivity index is 2.53. The van der Waals surface area contributed by atoms with E-state index in [0.29, 0.717) is 6.42 Å². The highest BCUT2D eigenvalue weighted by Crippen LogP contribution is 2.12. The largest absolute Gasteiger partial charge is 0.325 e. The minimum Gasteiger partial charge on any atom is -0.325 e. The van der Waals surface area contributed by atoms with E-state index < -0.39 is 5.54 Å². The number of hydrogen-bond acceptors (Lipinski definition) is 2. The third-order valence-electron chi connectivity index (χ3n) is 3.23. The summed E-state index contributed by atoms with van der Waals surface area (Å²) in [6.45, 7) is 5.31. The van der Waals surface area contributed by atoms with Crippen LogP contribution in [0.15, 0.2) is 0 Å². The summed E-state index contributed by atoms with van der Waals surface area (Å²) in [6, 6.07) is 2.07. The molecule has 0 spiro atoms. The number of carbonyl (C=O) groups excluding carboxylic acids is 1. The maximum absolute atomic E-state index is 11.9. The first-order valence-electron chi connectivity index (χ1n) is 6.09. The van der Waals surface area contributed by atoms with Gasteiger partial charge in [0, 0.05) is 13.1 Å². The van der Waals surface area contributed by atoms with E-state index in [2.05, 4.69) is 11.4 Å². The summed E-state index contributed by atoms with van der Waals surface area (Å²) in [6.07, 6.45) is 5.18. The smallest absolute Gasteiger partial charge is 0.318 e. The van der Waals surface area contributed by atoms with Crippen molar-refractivity contribution < 1.29 is 4.79 Å². The number of amides is 2. The predicted octanol–water partition coefficient (Wildman–Crippen LogP) is 2.26. The average Bonchev–Trinajstić information content (AvgIpc) is 2.57. The van der Waals surface area contributed by atoms with Crippen LogP contribution < -0.4 is 5.32 Å². The van der Waals surface area contributed by atoms with E-state index >= 15 is 0 Å². The minimum atomic E-state index is -0.733. The monoisotopic (exact) mass is 223 g/mol. The molecule has 0 bridgehead atoms. The molecule has 1 aliphatic rings. The number of likely N-dealkylation sites (tertiary alicyclic amines) is 1. The summed E-state index contributed by atoms with van der Waals surface area (Å²) in [5, 5.41) is 11.8. The molecule has 1 N–H and O–H groups in total. The molecule has 0 radical (unpaired) electrons. The van der Waals surface area contributed by atoms with Crippen molar-refractivity contribution in [3.63, 3.8) is 0 Å². The van der Waals surface area contributed by atoms with E-state index in [4.69, 9.17) is 5.26 Å². The summed E-state index contributed by atoms with van der Waals surface area (Å²) in [5.74, 6) is 0. The summed E-state index contributed by atoms with van der Waals surface area (Å²) in [7, 11) is 0. The zero-order valence-electron chi connectivity index (χ0n) is 10.3. The maximum Gasteiger partial charge on any atom is 0.318 e. The normalized spacial score (nSPS) is 20.4. The topological polar surface area (TPSA) is 56.1 Å². The lowest BCUT2D eigenvalue weighted by molar-refractivity contribution is 0.191. The molecule has 1 heterocycles. The standard InChI is InChI=1S/C12H21N3O/c1-3-12(2,10-13)14-11(16)15-8-6-4-5-7-9-15/h3-9H2,1-2H3,(H,14,16). The Kier molecular flexibility index (Phi) is 4.60. The Morgan fingerprint density at radius 3 is 2.38 bits per heavy atom. The van der Waals surface area contributed by atoms with Gasteiger partial charge in [-0.15, -0.1) is 0 Å². The summed E-state index contributed by atoms with van der Waals surface area (Å²) in [4.78, 5) is 13.8. The molecule has 1 unspecified atom stereocenters. The molecule has 1 aliphatic heterocycles. The van der Waals surface area contributed by atoms with Crippen molar-refractivity contribution in [2.24, 2.45) is 0 Å². The van der Waals surface area contributed by atoms with E-state index in [1.54, 1.807) is 6.92 Å². The first-order valence-corrected chi connectivity index (χ1v) is 6.09. The lowest BCUT2D eigenvalue weighted by Crippen LogP contribution is -2.50. The third kappa shape index (κ3) is 3.41. The summed E-state index contributed by atoms with van der Waals surface area (Å²) >= 11 is 0. The van der Waals surface area contributed by atoms with Gasteiger partial charge in [0.25, 0.3) is 0 Å². The van der Waals surface area contributed by atoms with E-state index in [1.807, 2.05) is 11.8 Å². The Bertz CT molecular complexity index is 276. The van der Waals surface area contributed by atoms with Crippen LogP contribution in [0, 0.1) is 11.3 Å². The van der Waals surface area contributed by atoms with Crippen molar-refractivity contribution >= 4 is 6.03 Å². The molecule has 0 saturated carbocycles. The molecule has 4 nitrogen and oxygen atoms in total. The second-order valence-electron chi connectivity index (χ2n) is 4.63. The molecule has 1 atom stereocenters. The number of nitrogens with zero attached hydrogens (tertiary/aromatic N) is 2. The predicted molar refractivity (Wildman–Crippen MR) is 62.9 cm³/mol. The number of nitriles is 1. The first-order chi connectivity index (χ1) is 7.61. The highest BCUT2D eigenvalue weighted by atomic mass is 16.2. The number of nitrogens with one attached hydrogen (secondary N) is 1. The molecule has 16 heavy (non-hydrogen) atoms. The van der Waals surface area contributed by atoms with Crippen LogP contribution in [-0.4, -0.2) is 29.6 Å². The molecule has 1 rings (SSSR count). The molecular weight excluding hydrogens is 202 g/mol. The van der Waals surface area contributed by atoms with Crippen molar-refractivity contribution in [3.05, 3.63) is 0 Å². The van der Waals surface area contributed by atoms with Crippen molar-refractivity contribution in [3.8, 4) is 6.07 Å².